The van der Waals surface area contributed by atoms with Crippen LogP contribution in [0.15, 0.2) is 52.0 Å². The molecule has 1 aromatic carbocycles. The molecule has 1 amide bonds. The van der Waals surface area contributed by atoms with Gasteiger partial charge in [-0.05, 0) is 31.5 Å². The fourth-order valence-electron chi connectivity index (χ4n) is 2.14. The number of thioether (sulfide) groups is 1. The molecule has 0 radical (unpaired) electrons. The van der Waals surface area contributed by atoms with Gasteiger partial charge in [-0.2, -0.15) is 0 Å². The van der Waals surface area contributed by atoms with E-state index in [1.54, 1.807) is 13.0 Å². The summed E-state index contributed by atoms with van der Waals surface area (Å²) < 4.78 is 4.90. The van der Waals surface area contributed by atoms with E-state index in [0.717, 1.165) is 16.8 Å². The SMILES string of the molecule is Cc1cc(NC(=O)CSc2ccc(-c3ccccc3C)nn2)no1. The van der Waals surface area contributed by atoms with Crippen molar-refractivity contribution in [3.05, 3.63) is 53.8 Å². The number of anilines is 1. The first-order valence-electron chi connectivity index (χ1n) is 7.37. The molecule has 0 saturated carbocycles. The second-order valence-electron chi connectivity index (χ2n) is 5.23. The lowest BCUT2D eigenvalue weighted by Crippen LogP contribution is -2.14. The molecule has 0 atom stereocenters. The Morgan fingerprint density at radius 1 is 1.17 bits per heavy atom. The molecular weight excluding hydrogens is 324 g/mol. The Morgan fingerprint density at radius 3 is 2.67 bits per heavy atom. The number of aromatic nitrogens is 3. The minimum absolute atomic E-state index is 0.168. The first-order chi connectivity index (χ1) is 11.6. The Balaban J connectivity index is 1.58. The molecule has 24 heavy (non-hydrogen) atoms. The molecule has 7 heteroatoms. The predicted octanol–water partition coefficient (Wildman–Crippen LogP) is 3.48. The Morgan fingerprint density at radius 2 is 2.00 bits per heavy atom. The third kappa shape index (κ3) is 3.99. The van der Waals surface area contributed by atoms with Gasteiger partial charge in [0.2, 0.25) is 5.91 Å². The zero-order valence-corrected chi connectivity index (χ0v) is 14.1. The monoisotopic (exact) mass is 340 g/mol. The van der Waals surface area contributed by atoms with Crippen LogP contribution in [0.2, 0.25) is 0 Å². The summed E-state index contributed by atoms with van der Waals surface area (Å²) in [6.07, 6.45) is 0. The van der Waals surface area contributed by atoms with Gasteiger partial charge < -0.3 is 9.84 Å². The highest BCUT2D eigenvalue weighted by Gasteiger charge is 2.09. The van der Waals surface area contributed by atoms with E-state index in [2.05, 4.69) is 20.7 Å². The standard InChI is InChI=1S/C17H16N4O2S/c1-11-5-3-4-6-13(11)14-7-8-17(20-19-14)24-10-16(22)18-15-9-12(2)23-21-15/h3-9H,10H2,1-2H3,(H,18,21,22). The number of rotatable bonds is 5. The summed E-state index contributed by atoms with van der Waals surface area (Å²) >= 11 is 1.32. The Bertz CT molecular complexity index is 846. The van der Waals surface area contributed by atoms with E-state index in [1.807, 2.05) is 43.3 Å². The molecule has 0 unspecified atom stereocenters. The topological polar surface area (TPSA) is 80.9 Å². The van der Waals surface area contributed by atoms with Gasteiger partial charge in [-0.15, -0.1) is 10.2 Å². The molecule has 0 saturated heterocycles. The van der Waals surface area contributed by atoms with Crippen LogP contribution in [0.5, 0.6) is 0 Å². The lowest BCUT2D eigenvalue weighted by molar-refractivity contribution is -0.113. The molecule has 0 aliphatic heterocycles. The van der Waals surface area contributed by atoms with Crippen molar-refractivity contribution < 1.29 is 9.32 Å². The van der Waals surface area contributed by atoms with E-state index >= 15 is 0 Å². The van der Waals surface area contributed by atoms with Crippen molar-refractivity contribution in [2.75, 3.05) is 11.1 Å². The van der Waals surface area contributed by atoms with Crippen LogP contribution in [0.3, 0.4) is 0 Å². The molecule has 0 bridgehead atoms. The van der Waals surface area contributed by atoms with Crippen molar-refractivity contribution in [1.29, 1.82) is 0 Å². The van der Waals surface area contributed by atoms with Gasteiger partial charge in [-0.3, -0.25) is 4.79 Å². The highest BCUT2D eigenvalue weighted by molar-refractivity contribution is 7.99. The zero-order valence-electron chi connectivity index (χ0n) is 13.3. The van der Waals surface area contributed by atoms with Gasteiger partial charge in [0.15, 0.2) is 5.82 Å². The van der Waals surface area contributed by atoms with Gasteiger partial charge in [-0.25, -0.2) is 0 Å². The Kier molecular flexibility index (Phi) is 4.90. The van der Waals surface area contributed by atoms with Crippen molar-refractivity contribution >= 4 is 23.5 Å². The molecule has 0 aliphatic rings. The molecule has 3 aromatic rings. The summed E-state index contributed by atoms with van der Waals surface area (Å²) in [5.74, 6) is 1.12. The predicted molar refractivity (Wildman–Crippen MR) is 92.8 cm³/mol. The number of carbonyl (C=O) groups excluding carboxylic acids is 1. The normalized spacial score (nSPS) is 10.6. The number of benzene rings is 1. The molecule has 6 nitrogen and oxygen atoms in total. The van der Waals surface area contributed by atoms with Gasteiger partial charge in [0.05, 0.1) is 11.4 Å². The summed E-state index contributed by atoms with van der Waals surface area (Å²) in [5.41, 5.74) is 3.02. The summed E-state index contributed by atoms with van der Waals surface area (Å²) in [7, 11) is 0. The van der Waals surface area contributed by atoms with Crippen molar-refractivity contribution in [2.24, 2.45) is 0 Å². The van der Waals surface area contributed by atoms with E-state index in [0.29, 0.717) is 16.6 Å². The average molecular weight is 340 g/mol. The first kappa shape index (κ1) is 16.2. The van der Waals surface area contributed by atoms with Gasteiger partial charge in [0, 0.05) is 11.6 Å². The zero-order chi connectivity index (χ0) is 16.9. The summed E-state index contributed by atoms with van der Waals surface area (Å²) in [4.78, 5) is 11.9. The minimum atomic E-state index is -0.168. The fraction of sp³-hybridized carbons (Fsp3) is 0.176. The minimum Gasteiger partial charge on any atom is -0.360 e. The number of nitrogens with zero attached hydrogens (tertiary/aromatic N) is 3. The van der Waals surface area contributed by atoms with E-state index in [9.17, 15) is 4.79 Å². The number of nitrogens with one attached hydrogen (secondary N) is 1. The molecule has 2 aromatic heterocycles. The Hall–Kier alpha value is -2.67. The summed E-state index contributed by atoms with van der Waals surface area (Å²) in [6, 6.07) is 13.5. The smallest absolute Gasteiger partial charge is 0.236 e. The number of hydrogen-bond donors (Lipinski definition) is 1. The molecular formula is C17H16N4O2S. The molecule has 2 heterocycles. The quantitative estimate of drug-likeness (QED) is 0.716. The lowest BCUT2D eigenvalue weighted by Gasteiger charge is -2.05. The van der Waals surface area contributed by atoms with Crippen molar-refractivity contribution in [2.45, 2.75) is 18.9 Å². The Labute approximate surface area is 143 Å². The highest BCUT2D eigenvalue weighted by Crippen LogP contribution is 2.22. The molecule has 3 rings (SSSR count). The van der Waals surface area contributed by atoms with Crippen LogP contribution in [0, 0.1) is 13.8 Å². The fourth-order valence-corrected chi connectivity index (χ4v) is 2.76. The maximum atomic E-state index is 11.9. The van der Waals surface area contributed by atoms with E-state index in [-0.39, 0.29) is 11.7 Å². The second-order valence-corrected chi connectivity index (χ2v) is 6.23. The number of hydrogen-bond acceptors (Lipinski definition) is 6. The van der Waals surface area contributed by atoms with Crippen molar-refractivity contribution in [3.63, 3.8) is 0 Å². The van der Waals surface area contributed by atoms with Gasteiger partial charge >= 0.3 is 0 Å². The summed E-state index contributed by atoms with van der Waals surface area (Å²) in [5, 5.41) is 15.5. The second kappa shape index (κ2) is 7.27. The molecule has 122 valence electrons. The van der Waals surface area contributed by atoms with Crippen molar-refractivity contribution in [3.8, 4) is 11.3 Å². The van der Waals surface area contributed by atoms with Crippen LogP contribution < -0.4 is 5.32 Å². The third-order valence-electron chi connectivity index (χ3n) is 3.31. The van der Waals surface area contributed by atoms with Crippen LogP contribution >= 0.6 is 11.8 Å². The van der Waals surface area contributed by atoms with Crippen LogP contribution in [0.25, 0.3) is 11.3 Å². The summed E-state index contributed by atoms with van der Waals surface area (Å²) in [6.45, 7) is 3.80. The van der Waals surface area contributed by atoms with Gasteiger partial charge in [-0.1, -0.05) is 41.2 Å². The van der Waals surface area contributed by atoms with Gasteiger partial charge in [0.1, 0.15) is 10.8 Å². The maximum absolute atomic E-state index is 11.9. The number of carbonyl (C=O) groups is 1. The largest absolute Gasteiger partial charge is 0.360 e. The lowest BCUT2D eigenvalue weighted by atomic mass is 10.1. The average Bonchev–Trinajstić information content (AvgIpc) is 2.99. The van der Waals surface area contributed by atoms with Crippen LogP contribution in [-0.4, -0.2) is 27.0 Å². The van der Waals surface area contributed by atoms with Crippen LogP contribution in [0.4, 0.5) is 5.82 Å². The third-order valence-corrected chi connectivity index (χ3v) is 4.23. The molecule has 0 fully saturated rings. The van der Waals surface area contributed by atoms with E-state index in [1.165, 1.54) is 11.8 Å². The van der Waals surface area contributed by atoms with E-state index in [4.69, 9.17) is 4.52 Å². The maximum Gasteiger partial charge on any atom is 0.236 e. The number of aryl methyl sites for hydroxylation is 2. The molecule has 1 N–H and O–H groups in total. The van der Waals surface area contributed by atoms with Crippen molar-refractivity contribution in [1.82, 2.24) is 15.4 Å². The molecule has 0 aliphatic carbocycles. The highest BCUT2D eigenvalue weighted by atomic mass is 32.2. The van der Waals surface area contributed by atoms with Gasteiger partial charge in [0.25, 0.3) is 0 Å². The van der Waals surface area contributed by atoms with E-state index < -0.39 is 0 Å². The van der Waals surface area contributed by atoms with Crippen LogP contribution in [-0.2, 0) is 4.79 Å². The first-order valence-corrected chi connectivity index (χ1v) is 8.36. The van der Waals surface area contributed by atoms with Crippen LogP contribution in [0.1, 0.15) is 11.3 Å². The number of amides is 1. The molecule has 0 spiro atoms.